The van der Waals surface area contributed by atoms with Crippen LogP contribution in [0.3, 0.4) is 0 Å². The normalized spacial score (nSPS) is 16.8. The number of thioether (sulfide) groups is 2. The first-order chi connectivity index (χ1) is 30.4. The van der Waals surface area contributed by atoms with Crippen LogP contribution in [-0.4, -0.2) is 81.4 Å². The molecule has 2 N–H and O–H groups in total. The lowest BCUT2D eigenvalue weighted by atomic mass is 9.92. The second kappa shape index (κ2) is 25.0. The van der Waals surface area contributed by atoms with E-state index in [1.54, 1.807) is 26.2 Å². The van der Waals surface area contributed by atoms with Crippen molar-refractivity contribution in [3.63, 3.8) is 0 Å². The number of hydrogen-bond acceptors (Lipinski definition) is 13. The molecule has 13 nitrogen and oxygen atoms in total. The van der Waals surface area contributed by atoms with Crippen LogP contribution in [0.5, 0.6) is 0 Å². The Morgan fingerprint density at radius 3 is 2.11 bits per heavy atom. The van der Waals surface area contributed by atoms with Crippen molar-refractivity contribution in [1.29, 1.82) is 0 Å². The van der Waals surface area contributed by atoms with Crippen LogP contribution < -0.4 is 10.6 Å². The highest BCUT2D eigenvalue weighted by Gasteiger charge is 2.55. The van der Waals surface area contributed by atoms with Gasteiger partial charge in [-0.1, -0.05) is 143 Å². The van der Waals surface area contributed by atoms with Crippen LogP contribution >= 0.6 is 34.9 Å². The number of fused-ring (bicyclic) bond motifs is 1. The molecule has 3 atom stereocenters. The Morgan fingerprint density at radius 2 is 1.54 bits per heavy atom. The number of thiazole rings is 1. The topological polar surface area (TPSA) is 166 Å². The Kier molecular flexibility index (Phi) is 19.6. The van der Waals surface area contributed by atoms with Gasteiger partial charge >= 0.3 is 11.9 Å². The van der Waals surface area contributed by atoms with Gasteiger partial charge in [0.25, 0.3) is 11.8 Å². The maximum Gasteiger partial charge on any atom is 0.356 e. The molecule has 1 aromatic heterocycles. The molecule has 1 saturated heterocycles. The van der Waals surface area contributed by atoms with Crippen molar-refractivity contribution in [3.05, 3.63) is 93.5 Å². The zero-order valence-corrected chi connectivity index (χ0v) is 39.4. The molecule has 2 aliphatic rings. The Morgan fingerprint density at radius 1 is 0.937 bits per heavy atom. The average molecular weight is 920 g/mol. The number of ether oxygens (including phenoxy) is 2. The molecule has 3 heterocycles. The van der Waals surface area contributed by atoms with Gasteiger partial charge in [0.15, 0.2) is 16.9 Å². The standard InChI is InChI=1S/C47H61N5O8S3/c1-6-7-8-9-10-11-12-13-14-15-22-27-34(35-29-63-46(49-35)48-31-53)38(51-58-28-37(54)60-47(2,3)4)42(55)50-39-43(56)52-40(36(61-5)30-62-44(39)52)45(57)59-41(32-23-18-16-19-24-32)33-25-20-17-21-26-33/h16-21,23-26,29,31,34,39,41,44H,6-15,22,27-28,30H2,1-5H3,(H,50,55)(H,48,49,53)/b51-38-/t34?,39?,44-/m0/s1. The van der Waals surface area contributed by atoms with Crippen LogP contribution in [0.4, 0.5) is 5.13 Å². The van der Waals surface area contributed by atoms with Gasteiger partial charge in [0.05, 0.1) is 11.6 Å². The van der Waals surface area contributed by atoms with Crippen LogP contribution in [0.25, 0.3) is 0 Å². The summed E-state index contributed by atoms with van der Waals surface area (Å²) >= 11 is 4.01. The zero-order valence-electron chi connectivity index (χ0n) is 37.0. The first kappa shape index (κ1) is 49.3. The highest BCUT2D eigenvalue weighted by Crippen LogP contribution is 2.44. The maximum absolute atomic E-state index is 14.5. The SMILES string of the molecule is CCCCCCCCCCCCCC(/C(=N/OCC(=O)OC(C)(C)C)C(=O)NC1C(=O)N2C(C(=O)OC(c3ccccc3)c3ccccc3)=C(SC)CS[C@@H]12)c1csc(NC=O)n1. The molecule has 3 amide bonds. The molecule has 2 aromatic carbocycles. The molecule has 2 aliphatic heterocycles. The molecule has 340 valence electrons. The molecule has 1 fully saturated rings. The van der Waals surface area contributed by atoms with Crippen LogP contribution in [-0.2, 0) is 38.3 Å². The van der Waals surface area contributed by atoms with E-state index in [0.717, 1.165) is 36.8 Å². The number of rotatable bonds is 26. The molecule has 0 bridgehead atoms. The minimum atomic E-state index is -1.01. The zero-order chi connectivity index (χ0) is 45.2. The number of carbonyl (C=O) groups is 5. The molecule has 0 saturated carbocycles. The number of amides is 3. The highest BCUT2D eigenvalue weighted by atomic mass is 32.2. The van der Waals surface area contributed by atoms with Crippen molar-refractivity contribution in [1.82, 2.24) is 15.2 Å². The Hall–Kier alpha value is -4.67. The number of nitrogens with zero attached hydrogens (tertiary/aromatic N) is 3. The molecule has 16 heteroatoms. The third-order valence-electron chi connectivity index (χ3n) is 10.6. The molecule has 63 heavy (non-hydrogen) atoms. The van der Waals surface area contributed by atoms with Crippen LogP contribution in [0, 0.1) is 0 Å². The van der Waals surface area contributed by atoms with Gasteiger partial charge in [-0.05, 0) is 44.6 Å². The summed E-state index contributed by atoms with van der Waals surface area (Å²) in [5.41, 5.74) is 1.36. The van der Waals surface area contributed by atoms with E-state index in [9.17, 15) is 24.0 Å². The predicted molar refractivity (Wildman–Crippen MR) is 251 cm³/mol. The van der Waals surface area contributed by atoms with Gasteiger partial charge in [-0.2, -0.15) is 0 Å². The number of nitrogens with one attached hydrogen (secondary N) is 2. The number of unbranched alkanes of at least 4 members (excludes halogenated alkanes) is 10. The lowest BCUT2D eigenvalue weighted by Gasteiger charge is -2.49. The van der Waals surface area contributed by atoms with Crippen molar-refractivity contribution >= 4 is 75.9 Å². The molecule has 0 spiro atoms. The van der Waals surface area contributed by atoms with E-state index < -0.39 is 59.4 Å². The Labute approximate surface area is 383 Å². The number of oxime groups is 1. The minimum Gasteiger partial charge on any atom is -0.457 e. The lowest BCUT2D eigenvalue weighted by Crippen LogP contribution is -2.71. The van der Waals surface area contributed by atoms with Gasteiger partial charge in [-0.3, -0.25) is 19.3 Å². The number of benzene rings is 2. The van der Waals surface area contributed by atoms with Crippen molar-refractivity contribution in [2.45, 2.75) is 134 Å². The summed E-state index contributed by atoms with van der Waals surface area (Å²) in [7, 11) is 0. The fraction of sp³-hybridized carbons (Fsp3) is 0.511. The summed E-state index contributed by atoms with van der Waals surface area (Å²) in [6, 6.07) is 17.8. The van der Waals surface area contributed by atoms with Gasteiger partial charge < -0.3 is 24.9 Å². The van der Waals surface area contributed by atoms with E-state index in [-0.39, 0.29) is 11.4 Å². The van der Waals surface area contributed by atoms with E-state index in [2.05, 4.69) is 27.7 Å². The number of carbonyl (C=O) groups excluding carboxylic acids is 5. The van der Waals surface area contributed by atoms with Crippen molar-refractivity contribution in [3.8, 4) is 0 Å². The molecule has 5 rings (SSSR count). The molecule has 2 unspecified atom stereocenters. The van der Waals surface area contributed by atoms with Crippen LogP contribution in [0.1, 0.15) is 134 Å². The van der Waals surface area contributed by atoms with E-state index in [1.807, 2.05) is 66.9 Å². The summed E-state index contributed by atoms with van der Waals surface area (Å²) in [6.45, 7) is 6.88. The van der Waals surface area contributed by atoms with E-state index in [4.69, 9.17) is 14.3 Å². The third-order valence-corrected chi connectivity index (χ3v) is 13.7. The summed E-state index contributed by atoms with van der Waals surface area (Å²) < 4.78 is 11.6. The largest absolute Gasteiger partial charge is 0.457 e. The Balaban J connectivity index is 1.34. The second-order valence-corrected chi connectivity index (χ2v) is 19.4. The Bertz CT molecular complexity index is 2000. The third kappa shape index (κ3) is 14.4. The van der Waals surface area contributed by atoms with Gasteiger partial charge in [0, 0.05) is 16.0 Å². The van der Waals surface area contributed by atoms with E-state index in [0.29, 0.717) is 34.3 Å². The molecular weight excluding hydrogens is 859 g/mol. The number of anilines is 1. The van der Waals surface area contributed by atoms with Crippen molar-refractivity contribution in [2.75, 3.05) is 23.9 Å². The first-order valence-corrected chi connectivity index (χ1v) is 25.0. The van der Waals surface area contributed by atoms with Crippen LogP contribution in [0.2, 0.25) is 0 Å². The van der Waals surface area contributed by atoms with Gasteiger partial charge in [0.2, 0.25) is 13.0 Å². The molecule has 3 aromatic rings. The summed E-state index contributed by atoms with van der Waals surface area (Å²) in [5.74, 6) is -2.75. The highest BCUT2D eigenvalue weighted by molar-refractivity contribution is 8.05. The minimum absolute atomic E-state index is 0.0748. The van der Waals surface area contributed by atoms with E-state index >= 15 is 0 Å². The van der Waals surface area contributed by atoms with Crippen LogP contribution in [0.15, 0.2) is 81.8 Å². The molecule has 0 aliphatic carbocycles. The smallest absolute Gasteiger partial charge is 0.356 e. The molecular formula is C47H61N5O8S3. The summed E-state index contributed by atoms with van der Waals surface area (Å²) in [4.78, 5) is 79.0. The number of esters is 2. The number of β-lactam (4-membered cyclic amide) rings is 1. The molecule has 0 radical (unpaired) electrons. The fourth-order valence-corrected chi connectivity index (χ4v) is 10.5. The maximum atomic E-state index is 14.5. The monoisotopic (exact) mass is 919 g/mol. The fourth-order valence-electron chi connectivity index (χ4n) is 7.49. The lowest BCUT2D eigenvalue weighted by molar-refractivity contribution is -0.160. The van der Waals surface area contributed by atoms with Gasteiger partial charge in [-0.15, -0.1) is 34.9 Å². The quantitative estimate of drug-likeness (QED) is 0.0197. The van der Waals surface area contributed by atoms with E-state index in [1.165, 1.54) is 84.7 Å². The second-order valence-electron chi connectivity index (χ2n) is 16.5. The van der Waals surface area contributed by atoms with Crippen molar-refractivity contribution < 1.29 is 38.3 Å². The average Bonchev–Trinajstić information content (AvgIpc) is 3.74. The number of hydrogen-bond donors (Lipinski definition) is 2. The van der Waals surface area contributed by atoms with Crippen molar-refractivity contribution in [2.24, 2.45) is 5.16 Å². The van der Waals surface area contributed by atoms with Gasteiger partial charge in [-0.25, -0.2) is 14.6 Å². The summed E-state index contributed by atoms with van der Waals surface area (Å²) in [6.07, 6.45) is 14.7. The number of aromatic nitrogens is 1. The predicted octanol–water partition coefficient (Wildman–Crippen LogP) is 9.52. The van der Waals surface area contributed by atoms with Gasteiger partial charge in [0.1, 0.15) is 22.7 Å². The first-order valence-electron chi connectivity index (χ1n) is 21.9. The summed E-state index contributed by atoms with van der Waals surface area (Å²) in [5, 5.41) is 11.2.